The molecule has 6 aromatic rings. The second-order valence-corrected chi connectivity index (χ2v) is 10.2. The van der Waals surface area contributed by atoms with Gasteiger partial charge in [-0.2, -0.15) is 0 Å². The average molecular weight is 790 g/mol. The van der Waals surface area contributed by atoms with E-state index in [1.807, 2.05) is 30.3 Å². The van der Waals surface area contributed by atoms with E-state index in [0.717, 1.165) is 51.0 Å². The van der Waals surface area contributed by atoms with Crippen LogP contribution in [0.3, 0.4) is 0 Å². The zero-order valence-electron chi connectivity index (χ0n) is 24.5. The monoisotopic (exact) mass is 789 g/mol. The van der Waals surface area contributed by atoms with E-state index >= 15 is 0 Å². The molecule has 1 radical (unpaired) electrons. The van der Waals surface area contributed by atoms with Gasteiger partial charge in [0.1, 0.15) is 5.75 Å². The molecular weight excluding hydrogens is 755 g/mol. The number of rotatable bonds is 11. The van der Waals surface area contributed by atoms with Crippen LogP contribution in [0.5, 0.6) is 5.75 Å². The molecule has 0 heterocycles. The van der Waals surface area contributed by atoms with Gasteiger partial charge in [0.05, 0.1) is 6.61 Å². The van der Waals surface area contributed by atoms with Crippen LogP contribution in [0, 0.1) is 44.1 Å². The van der Waals surface area contributed by atoms with Gasteiger partial charge in [-0.05, 0) is 96.1 Å². The molecule has 0 aliphatic carbocycles. The maximum Gasteiger partial charge on any atom is 0.119 e. The molecule has 5 heteroatoms. The van der Waals surface area contributed by atoms with Crippen molar-refractivity contribution < 1.29 is 53.9 Å². The second-order valence-electron chi connectivity index (χ2n) is 10.2. The van der Waals surface area contributed by atoms with E-state index in [1.54, 1.807) is 0 Å². The fourth-order valence-corrected chi connectivity index (χ4v) is 5.18. The van der Waals surface area contributed by atoms with Crippen LogP contribution in [-0.2, 0) is 0 Å². The third-order valence-corrected chi connectivity index (χ3v) is 7.29. The third-order valence-electron chi connectivity index (χ3n) is 7.29. The van der Waals surface area contributed by atoms with Crippen LogP contribution in [0.1, 0.15) is 6.42 Å². The number of ether oxygens (including phenoxy) is 1. The van der Waals surface area contributed by atoms with Crippen LogP contribution in [0.2, 0.25) is 0 Å². The Morgan fingerprint density at radius 1 is 0.409 bits per heavy atom. The summed E-state index contributed by atoms with van der Waals surface area (Å²) in [7, 11) is 0. The number of hydrogen-bond acceptors (Lipinski definition) is 4. The Hall–Kier alpha value is -3.88. The number of aliphatic hydroxyl groups excluding tert-OH is 1. The van der Waals surface area contributed by atoms with E-state index < -0.39 is 0 Å². The van der Waals surface area contributed by atoms with Crippen molar-refractivity contribution in [2.45, 2.75) is 6.42 Å². The number of nitrogens with zero attached hydrogens (tertiary/aromatic N) is 2. The molecular formula is C39H34AcN2O2. The van der Waals surface area contributed by atoms with Gasteiger partial charge in [-0.1, -0.05) is 78.9 Å². The van der Waals surface area contributed by atoms with Crippen LogP contribution < -0.4 is 14.5 Å². The summed E-state index contributed by atoms with van der Waals surface area (Å²) in [4.78, 5) is 4.51. The first-order chi connectivity index (χ1) is 21.3. The molecule has 0 atom stereocenters. The van der Waals surface area contributed by atoms with E-state index in [0.29, 0.717) is 13.0 Å². The normalized spacial score (nSPS) is 10.5. The molecule has 1 N–H and O–H groups in total. The minimum Gasteiger partial charge on any atom is -0.494 e. The fourth-order valence-electron chi connectivity index (χ4n) is 5.18. The van der Waals surface area contributed by atoms with Gasteiger partial charge in [0.2, 0.25) is 0 Å². The molecule has 215 valence electrons. The van der Waals surface area contributed by atoms with Crippen molar-refractivity contribution in [3.63, 3.8) is 0 Å². The number of para-hydroxylation sites is 3. The minimum absolute atomic E-state index is 0. The van der Waals surface area contributed by atoms with Crippen LogP contribution in [0.4, 0.5) is 34.1 Å². The Bertz CT molecular complexity index is 1660. The summed E-state index contributed by atoms with van der Waals surface area (Å²) in [5.41, 5.74) is 8.86. The first-order valence-corrected chi connectivity index (χ1v) is 14.6. The molecule has 0 amide bonds. The zero-order valence-corrected chi connectivity index (χ0v) is 29.3. The maximum absolute atomic E-state index is 9.04. The fraction of sp³-hybridized carbons (Fsp3) is 0.0769. The molecule has 6 rings (SSSR count). The van der Waals surface area contributed by atoms with Crippen LogP contribution in [-0.4, -0.2) is 18.3 Å². The summed E-state index contributed by atoms with van der Waals surface area (Å²) in [5.74, 6) is 0.794. The van der Waals surface area contributed by atoms with Crippen molar-refractivity contribution in [1.82, 2.24) is 0 Å². The van der Waals surface area contributed by atoms with Crippen LogP contribution in [0.25, 0.3) is 11.1 Å². The van der Waals surface area contributed by atoms with E-state index in [-0.39, 0.29) is 50.7 Å². The Kier molecular flexibility index (Phi) is 11.3. The van der Waals surface area contributed by atoms with Crippen molar-refractivity contribution in [3.05, 3.63) is 164 Å². The standard InChI is InChI=1S/C39H34N2O2.Ac/c42-29-10-30-43-39-27-25-38(26-28-39)41(35-15-8-3-9-16-35)37-23-19-32(20-24-37)31-17-21-36(22-18-31)40(33-11-4-1-5-12-33)34-13-6-2-7-14-34;/h1-9,11-28,42H,10,29-30H2;. The van der Waals surface area contributed by atoms with Crippen molar-refractivity contribution in [2.24, 2.45) is 0 Å². The zero-order chi connectivity index (χ0) is 29.3. The molecule has 0 bridgehead atoms. The van der Waals surface area contributed by atoms with Crippen molar-refractivity contribution in [3.8, 4) is 16.9 Å². The first kappa shape index (κ1) is 31.5. The van der Waals surface area contributed by atoms with E-state index in [1.165, 1.54) is 0 Å². The summed E-state index contributed by atoms with van der Waals surface area (Å²) < 4.78 is 5.75. The summed E-state index contributed by atoms with van der Waals surface area (Å²) >= 11 is 0. The summed E-state index contributed by atoms with van der Waals surface area (Å²) in [6.45, 7) is 0.622. The summed E-state index contributed by atoms with van der Waals surface area (Å²) in [5, 5.41) is 9.04. The average Bonchev–Trinajstić information content (AvgIpc) is 3.08. The topological polar surface area (TPSA) is 35.9 Å². The molecule has 0 unspecified atom stereocenters. The van der Waals surface area contributed by atoms with Crippen molar-refractivity contribution in [1.29, 1.82) is 0 Å². The molecule has 44 heavy (non-hydrogen) atoms. The largest absolute Gasteiger partial charge is 0.494 e. The molecule has 0 aliphatic heterocycles. The van der Waals surface area contributed by atoms with Gasteiger partial charge in [0, 0.05) is 91.2 Å². The quantitative estimate of drug-likeness (QED) is 0.133. The second kappa shape index (κ2) is 15.7. The van der Waals surface area contributed by atoms with Gasteiger partial charge in [0.25, 0.3) is 0 Å². The van der Waals surface area contributed by atoms with Gasteiger partial charge in [-0.25, -0.2) is 0 Å². The number of hydrogen-bond donors (Lipinski definition) is 1. The molecule has 0 fully saturated rings. The Balaban J connectivity index is 0.00000384. The molecule has 6 aromatic carbocycles. The van der Waals surface area contributed by atoms with Gasteiger partial charge in [0.15, 0.2) is 0 Å². The molecule has 0 saturated carbocycles. The van der Waals surface area contributed by atoms with E-state index in [2.05, 4.69) is 143 Å². The summed E-state index contributed by atoms with van der Waals surface area (Å²) in [6.07, 6.45) is 0.616. The summed E-state index contributed by atoms with van der Waals surface area (Å²) in [6, 6.07) is 56.8. The third kappa shape index (κ3) is 7.60. The maximum atomic E-state index is 9.04. The Labute approximate surface area is 295 Å². The van der Waals surface area contributed by atoms with E-state index in [9.17, 15) is 0 Å². The van der Waals surface area contributed by atoms with Crippen molar-refractivity contribution in [2.75, 3.05) is 23.0 Å². The predicted molar refractivity (Wildman–Crippen MR) is 178 cm³/mol. The molecule has 0 spiro atoms. The van der Waals surface area contributed by atoms with Gasteiger partial charge < -0.3 is 19.6 Å². The molecule has 4 nitrogen and oxygen atoms in total. The Morgan fingerprint density at radius 2 is 0.727 bits per heavy atom. The predicted octanol–water partition coefficient (Wildman–Crippen LogP) is 10.1. The van der Waals surface area contributed by atoms with Gasteiger partial charge >= 0.3 is 0 Å². The van der Waals surface area contributed by atoms with Gasteiger partial charge in [-0.15, -0.1) is 0 Å². The minimum atomic E-state index is 0. The number of aliphatic hydroxyl groups is 1. The first-order valence-electron chi connectivity index (χ1n) is 14.6. The molecule has 0 aliphatic rings. The molecule has 0 aromatic heterocycles. The SMILES string of the molecule is OCCCOc1ccc(N(c2ccccc2)c2ccc(-c3ccc(N(c4ccccc4)c4ccccc4)cc3)cc2)cc1.[Ac]. The number of benzene rings is 6. The van der Waals surface area contributed by atoms with Gasteiger partial charge in [-0.3, -0.25) is 0 Å². The Morgan fingerprint density at radius 3 is 1.07 bits per heavy atom. The van der Waals surface area contributed by atoms with Crippen molar-refractivity contribution >= 4 is 34.1 Å². The molecule has 0 saturated heterocycles. The van der Waals surface area contributed by atoms with Crippen LogP contribution >= 0.6 is 0 Å². The smallest absolute Gasteiger partial charge is 0.119 e. The van der Waals surface area contributed by atoms with E-state index in [4.69, 9.17) is 9.84 Å². The van der Waals surface area contributed by atoms with Crippen LogP contribution in [0.15, 0.2) is 164 Å². The number of anilines is 6.